The monoisotopic (exact) mass is 236 g/mol. The smallest absolute Gasteiger partial charge is 0.0758 e. The third kappa shape index (κ3) is 3.33. The van der Waals surface area contributed by atoms with Crippen LogP contribution in [0.4, 0.5) is 0 Å². The van der Waals surface area contributed by atoms with Crippen LogP contribution < -0.4 is 5.32 Å². The van der Waals surface area contributed by atoms with Crippen molar-refractivity contribution >= 4 is 0 Å². The quantitative estimate of drug-likeness (QED) is 0.850. The maximum absolute atomic E-state index is 5.85. The SMILES string of the molecule is CCNC(C)c1ccn(CC2CCC(C)O2)c1. The molecule has 96 valence electrons. The second-order valence-electron chi connectivity index (χ2n) is 5.07. The van der Waals surface area contributed by atoms with Gasteiger partial charge in [-0.2, -0.15) is 0 Å². The molecule has 1 aliphatic heterocycles. The van der Waals surface area contributed by atoms with Crippen molar-refractivity contribution in [2.75, 3.05) is 6.54 Å². The summed E-state index contributed by atoms with van der Waals surface area (Å²) in [5.41, 5.74) is 1.36. The van der Waals surface area contributed by atoms with Gasteiger partial charge in [-0.05, 0) is 44.9 Å². The number of rotatable bonds is 5. The Balaban J connectivity index is 1.89. The molecule has 17 heavy (non-hydrogen) atoms. The van der Waals surface area contributed by atoms with Gasteiger partial charge in [-0.3, -0.25) is 0 Å². The third-order valence-electron chi connectivity index (χ3n) is 3.52. The summed E-state index contributed by atoms with van der Waals surface area (Å²) >= 11 is 0. The molecule has 0 aromatic carbocycles. The summed E-state index contributed by atoms with van der Waals surface area (Å²) in [5, 5.41) is 3.43. The molecule has 2 heterocycles. The zero-order chi connectivity index (χ0) is 12.3. The number of aromatic nitrogens is 1. The van der Waals surface area contributed by atoms with Crippen LogP contribution in [-0.2, 0) is 11.3 Å². The molecule has 3 heteroatoms. The van der Waals surface area contributed by atoms with Gasteiger partial charge in [-0.15, -0.1) is 0 Å². The summed E-state index contributed by atoms with van der Waals surface area (Å²) in [5.74, 6) is 0. The van der Waals surface area contributed by atoms with Gasteiger partial charge in [0, 0.05) is 25.0 Å². The zero-order valence-corrected chi connectivity index (χ0v) is 11.1. The first kappa shape index (κ1) is 12.7. The fraction of sp³-hybridized carbons (Fsp3) is 0.714. The molecule has 2 rings (SSSR count). The molecule has 1 fully saturated rings. The minimum atomic E-state index is 0.402. The molecule has 3 atom stereocenters. The first-order chi connectivity index (χ1) is 8.19. The fourth-order valence-electron chi connectivity index (χ4n) is 2.51. The molecule has 3 unspecified atom stereocenters. The summed E-state index contributed by atoms with van der Waals surface area (Å²) in [7, 11) is 0. The zero-order valence-electron chi connectivity index (χ0n) is 11.1. The van der Waals surface area contributed by atoms with E-state index in [9.17, 15) is 0 Å². The second-order valence-corrected chi connectivity index (χ2v) is 5.07. The molecule has 0 spiro atoms. The van der Waals surface area contributed by atoms with Crippen molar-refractivity contribution in [1.29, 1.82) is 0 Å². The standard InChI is InChI=1S/C14H24N2O/c1-4-15-12(3)13-7-8-16(9-13)10-14-6-5-11(2)17-14/h7-9,11-12,14-15H,4-6,10H2,1-3H3. The molecule has 0 radical (unpaired) electrons. The highest BCUT2D eigenvalue weighted by molar-refractivity contribution is 5.14. The van der Waals surface area contributed by atoms with E-state index >= 15 is 0 Å². The van der Waals surface area contributed by atoms with E-state index in [0.717, 1.165) is 13.1 Å². The molecule has 1 N–H and O–H groups in total. The van der Waals surface area contributed by atoms with Crippen LogP contribution in [0.25, 0.3) is 0 Å². The van der Waals surface area contributed by atoms with E-state index in [-0.39, 0.29) is 0 Å². The molecule has 0 bridgehead atoms. The Kier molecular flexibility index (Phi) is 4.24. The Bertz CT molecular complexity index is 348. The van der Waals surface area contributed by atoms with Gasteiger partial charge in [0.2, 0.25) is 0 Å². The molecule has 1 aromatic rings. The lowest BCUT2D eigenvalue weighted by Gasteiger charge is -2.13. The van der Waals surface area contributed by atoms with E-state index in [2.05, 4.69) is 49.1 Å². The van der Waals surface area contributed by atoms with Gasteiger partial charge in [0.15, 0.2) is 0 Å². The summed E-state index contributed by atoms with van der Waals surface area (Å²) in [4.78, 5) is 0. The van der Waals surface area contributed by atoms with Gasteiger partial charge in [0.05, 0.1) is 12.2 Å². The van der Waals surface area contributed by atoms with Gasteiger partial charge in [-0.25, -0.2) is 0 Å². The molecule has 3 nitrogen and oxygen atoms in total. The van der Waals surface area contributed by atoms with E-state index < -0.39 is 0 Å². The normalized spacial score (nSPS) is 26.3. The van der Waals surface area contributed by atoms with Gasteiger partial charge in [-0.1, -0.05) is 6.92 Å². The molecule has 1 saturated heterocycles. The van der Waals surface area contributed by atoms with Crippen molar-refractivity contribution in [1.82, 2.24) is 9.88 Å². The van der Waals surface area contributed by atoms with E-state index in [1.165, 1.54) is 18.4 Å². The molecule has 1 aromatic heterocycles. The molecule has 0 amide bonds. The van der Waals surface area contributed by atoms with Gasteiger partial charge in [0.25, 0.3) is 0 Å². The Morgan fingerprint density at radius 1 is 1.53 bits per heavy atom. The van der Waals surface area contributed by atoms with Crippen molar-refractivity contribution in [3.63, 3.8) is 0 Å². The lowest BCUT2D eigenvalue weighted by Crippen LogP contribution is -2.18. The topological polar surface area (TPSA) is 26.2 Å². The number of nitrogens with one attached hydrogen (secondary N) is 1. The maximum Gasteiger partial charge on any atom is 0.0758 e. The van der Waals surface area contributed by atoms with E-state index in [1.54, 1.807) is 0 Å². The average Bonchev–Trinajstić information content (AvgIpc) is 2.89. The van der Waals surface area contributed by atoms with Crippen molar-refractivity contribution < 1.29 is 4.74 Å². The van der Waals surface area contributed by atoms with Crippen molar-refractivity contribution in [3.8, 4) is 0 Å². The van der Waals surface area contributed by atoms with E-state index in [0.29, 0.717) is 18.2 Å². The largest absolute Gasteiger partial charge is 0.373 e. The van der Waals surface area contributed by atoms with Crippen LogP contribution in [0.2, 0.25) is 0 Å². The lowest BCUT2D eigenvalue weighted by atomic mass is 10.2. The fourth-order valence-corrected chi connectivity index (χ4v) is 2.51. The number of nitrogens with zero attached hydrogens (tertiary/aromatic N) is 1. The third-order valence-corrected chi connectivity index (χ3v) is 3.52. The molecule has 0 saturated carbocycles. The van der Waals surface area contributed by atoms with Crippen LogP contribution in [0.5, 0.6) is 0 Å². The highest BCUT2D eigenvalue weighted by Gasteiger charge is 2.21. The van der Waals surface area contributed by atoms with Crippen molar-refractivity contribution in [2.45, 2.75) is 58.4 Å². The summed E-state index contributed by atoms with van der Waals surface area (Å²) in [6, 6.07) is 2.63. The average molecular weight is 236 g/mol. The minimum absolute atomic E-state index is 0.402. The van der Waals surface area contributed by atoms with E-state index in [1.807, 2.05) is 0 Å². The summed E-state index contributed by atoms with van der Waals surface area (Å²) in [6.07, 6.45) is 7.63. The second kappa shape index (κ2) is 5.69. The summed E-state index contributed by atoms with van der Waals surface area (Å²) < 4.78 is 8.10. The van der Waals surface area contributed by atoms with Crippen LogP contribution >= 0.6 is 0 Å². The van der Waals surface area contributed by atoms with Gasteiger partial charge >= 0.3 is 0 Å². The first-order valence-electron chi connectivity index (χ1n) is 6.73. The molecular weight excluding hydrogens is 212 g/mol. The Morgan fingerprint density at radius 3 is 3.00 bits per heavy atom. The Labute approximate surface area is 104 Å². The highest BCUT2D eigenvalue weighted by atomic mass is 16.5. The molecular formula is C14H24N2O. The summed E-state index contributed by atoms with van der Waals surface area (Å²) in [6.45, 7) is 8.51. The number of hydrogen-bond donors (Lipinski definition) is 1. The lowest BCUT2D eigenvalue weighted by molar-refractivity contribution is 0.0458. The van der Waals surface area contributed by atoms with Crippen LogP contribution in [0.3, 0.4) is 0 Å². The van der Waals surface area contributed by atoms with E-state index in [4.69, 9.17) is 4.74 Å². The maximum atomic E-state index is 5.85. The van der Waals surface area contributed by atoms with Crippen molar-refractivity contribution in [2.24, 2.45) is 0 Å². The Hall–Kier alpha value is -0.800. The van der Waals surface area contributed by atoms with Crippen molar-refractivity contribution in [3.05, 3.63) is 24.0 Å². The molecule has 0 aliphatic carbocycles. The minimum Gasteiger partial charge on any atom is -0.373 e. The van der Waals surface area contributed by atoms with Gasteiger partial charge < -0.3 is 14.6 Å². The highest BCUT2D eigenvalue weighted by Crippen LogP contribution is 2.21. The van der Waals surface area contributed by atoms with Crippen LogP contribution in [-0.4, -0.2) is 23.3 Å². The predicted molar refractivity (Wildman–Crippen MR) is 70.1 cm³/mol. The predicted octanol–water partition coefficient (Wildman–Crippen LogP) is 2.73. The number of ether oxygens (including phenoxy) is 1. The number of hydrogen-bond acceptors (Lipinski definition) is 2. The van der Waals surface area contributed by atoms with Crippen LogP contribution in [0.1, 0.15) is 45.2 Å². The van der Waals surface area contributed by atoms with Crippen LogP contribution in [0, 0.1) is 0 Å². The first-order valence-corrected chi connectivity index (χ1v) is 6.73. The molecule has 1 aliphatic rings. The van der Waals surface area contributed by atoms with Crippen LogP contribution in [0.15, 0.2) is 18.5 Å². The van der Waals surface area contributed by atoms with Gasteiger partial charge in [0.1, 0.15) is 0 Å². The Morgan fingerprint density at radius 2 is 2.35 bits per heavy atom.